The predicted octanol–water partition coefficient (Wildman–Crippen LogP) is 3.32. The Morgan fingerprint density at radius 1 is 1.33 bits per heavy atom. The van der Waals surface area contributed by atoms with E-state index in [1.165, 1.54) is 4.88 Å². The fraction of sp³-hybridized carbons (Fsp3) is 0.357. The van der Waals surface area contributed by atoms with E-state index in [1.807, 2.05) is 31.3 Å². The molecule has 0 saturated carbocycles. The van der Waals surface area contributed by atoms with E-state index < -0.39 is 0 Å². The summed E-state index contributed by atoms with van der Waals surface area (Å²) >= 11 is 1.72. The topological polar surface area (TPSA) is 34.2 Å². The molecular formula is C14H18N2OS. The summed E-state index contributed by atoms with van der Waals surface area (Å²) in [5.41, 5.74) is 1.12. The van der Waals surface area contributed by atoms with Crippen LogP contribution in [0.25, 0.3) is 10.6 Å². The van der Waals surface area contributed by atoms with Crippen LogP contribution in [0.4, 0.5) is 0 Å². The van der Waals surface area contributed by atoms with E-state index in [9.17, 15) is 0 Å². The molecule has 0 unspecified atom stereocenters. The maximum atomic E-state index is 5.50. The van der Waals surface area contributed by atoms with Gasteiger partial charge in [-0.15, -0.1) is 11.3 Å². The van der Waals surface area contributed by atoms with Crippen LogP contribution >= 0.6 is 11.3 Å². The summed E-state index contributed by atoms with van der Waals surface area (Å²) in [7, 11) is 0. The number of hydrogen-bond donors (Lipinski definition) is 1. The summed E-state index contributed by atoms with van der Waals surface area (Å²) in [6, 6.07) is 8.09. The van der Waals surface area contributed by atoms with E-state index in [2.05, 4.69) is 23.3 Å². The van der Waals surface area contributed by atoms with Crippen molar-refractivity contribution in [1.29, 1.82) is 0 Å². The third-order valence-corrected chi connectivity index (χ3v) is 3.54. The number of rotatable bonds is 6. The monoisotopic (exact) mass is 262 g/mol. The molecule has 0 saturated heterocycles. The number of nitrogens with zero attached hydrogens (tertiary/aromatic N) is 1. The number of aromatic nitrogens is 1. The lowest BCUT2D eigenvalue weighted by atomic mass is 10.2. The summed E-state index contributed by atoms with van der Waals surface area (Å²) in [6.07, 6.45) is 1.94. The Kier molecular flexibility index (Phi) is 4.73. The quantitative estimate of drug-likeness (QED) is 0.867. The second-order valence-corrected chi connectivity index (χ2v) is 4.99. The van der Waals surface area contributed by atoms with Crippen LogP contribution in [0.5, 0.6) is 5.75 Å². The van der Waals surface area contributed by atoms with E-state index in [1.54, 1.807) is 11.3 Å². The van der Waals surface area contributed by atoms with Gasteiger partial charge in [0.15, 0.2) is 0 Å². The molecule has 1 aromatic carbocycles. The Morgan fingerprint density at radius 2 is 2.22 bits per heavy atom. The highest BCUT2D eigenvalue weighted by atomic mass is 32.1. The second kappa shape index (κ2) is 6.52. The molecule has 0 spiro atoms. The summed E-state index contributed by atoms with van der Waals surface area (Å²) in [5, 5.41) is 4.35. The van der Waals surface area contributed by atoms with Crippen LogP contribution in [0.3, 0.4) is 0 Å². The molecule has 0 aliphatic heterocycles. The molecule has 0 aliphatic carbocycles. The minimum absolute atomic E-state index is 0.687. The molecule has 0 bridgehead atoms. The lowest BCUT2D eigenvalue weighted by molar-refractivity contribution is 0.340. The maximum Gasteiger partial charge on any atom is 0.123 e. The average molecular weight is 262 g/mol. The predicted molar refractivity (Wildman–Crippen MR) is 76.1 cm³/mol. The third kappa shape index (κ3) is 3.31. The number of benzene rings is 1. The highest BCUT2D eigenvalue weighted by Crippen LogP contribution is 2.27. The SMILES string of the molecule is CCNCc1cnc(-c2cccc(OCC)c2)s1. The van der Waals surface area contributed by atoms with Crippen LogP contribution < -0.4 is 10.1 Å². The summed E-state index contributed by atoms with van der Waals surface area (Å²) in [6.45, 7) is 6.65. The number of nitrogens with one attached hydrogen (secondary N) is 1. The molecule has 96 valence electrons. The first-order valence-corrected chi connectivity index (χ1v) is 7.03. The molecule has 0 atom stereocenters. The van der Waals surface area contributed by atoms with E-state index in [4.69, 9.17) is 4.74 Å². The van der Waals surface area contributed by atoms with Crippen molar-refractivity contribution in [3.8, 4) is 16.3 Å². The molecule has 1 heterocycles. The van der Waals surface area contributed by atoms with E-state index in [0.717, 1.165) is 29.4 Å². The molecule has 18 heavy (non-hydrogen) atoms. The van der Waals surface area contributed by atoms with Crippen LogP contribution in [-0.2, 0) is 6.54 Å². The van der Waals surface area contributed by atoms with Gasteiger partial charge in [-0.3, -0.25) is 0 Å². The second-order valence-electron chi connectivity index (χ2n) is 3.87. The van der Waals surface area contributed by atoms with E-state index >= 15 is 0 Å². The first kappa shape index (κ1) is 13.1. The van der Waals surface area contributed by atoms with Gasteiger partial charge in [0.1, 0.15) is 10.8 Å². The first-order chi connectivity index (χ1) is 8.83. The molecule has 1 N–H and O–H groups in total. The lowest BCUT2D eigenvalue weighted by Gasteiger charge is -2.03. The minimum atomic E-state index is 0.687. The molecule has 2 rings (SSSR count). The van der Waals surface area contributed by atoms with Crippen LogP contribution in [-0.4, -0.2) is 18.1 Å². The van der Waals surface area contributed by atoms with Crippen molar-refractivity contribution in [2.45, 2.75) is 20.4 Å². The highest BCUT2D eigenvalue weighted by molar-refractivity contribution is 7.15. The Balaban J connectivity index is 2.15. The Bertz CT molecular complexity index is 496. The minimum Gasteiger partial charge on any atom is -0.494 e. The van der Waals surface area contributed by atoms with E-state index in [-0.39, 0.29) is 0 Å². The zero-order valence-electron chi connectivity index (χ0n) is 10.8. The fourth-order valence-electron chi connectivity index (χ4n) is 1.66. The van der Waals surface area contributed by atoms with Crippen molar-refractivity contribution in [2.75, 3.05) is 13.2 Å². The van der Waals surface area contributed by atoms with Crippen LogP contribution in [0.2, 0.25) is 0 Å². The van der Waals surface area contributed by atoms with Gasteiger partial charge in [0.2, 0.25) is 0 Å². The Morgan fingerprint density at radius 3 is 3.00 bits per heavy atom. The van der Waals surface area contributed by atoms with Gasteiger partial charge >= 0.3 is 0 Å². The number of hydrogen-bond acceptors (Lipinski definition) is 4. The lowest BCUT2D eigenvalue weighted by Crippen LogP contribution is -2.10. The molecule has 0 fully saturated rings. The van der Waals surface area contributed by atoms with Gasteiger partial charge < -0.3 is 10.1 Å². The van der Waals surface area contributed by atoms with E-state index in [0.29, 0.717) is 6.61 Å². The summed E-state index contributed by atoms with van der Waals surface area (Å²) in [4.78, 5) is 5.72. The molecule has 0 aliphatic rings. The number of ether oxygens (including phenoxy) is 1. The van der Waals surface area contributed by atoms with Crippen molar-refractivity contribution >= 4 is 11.3 Å². The summed E-state index contributed by atoms with van der Waals surface area (Å²) in [5.74, 6) is 0.901. The number of thiazole rings is 1. The van der Waals surface area contributed by atoms with Crippen molar-refractivity contribution in [1.82, 2.24) is 10.3 Å². The summed E-state index contributed by atoms with van der Waals surface area (Å²) < 4.78 is 5.50. The molecule has 4 heteroatoms. The molecule has 2 aromatic rings. The van der Waals surface area contributed by atoms with Gasteiger partial charge in [0, 0.05) is 23.2 Å². The molecule has 3 nitrogen and oxygen atoms in total. The van der Waals surface area contributed by atoms with Crippen molar-refractivity contribution in [2.24, 2.45) is 0 Å². The van der Waals surface area contributed by atoms with Crippen molar-refractivity contribution < 1.29 is 4.74 Å². The average Bonchev–Trinajstić information content (AvgIpc) is 2.86. The zero-order valence-corrected chi connectivity index (χ0v) is 11.6. The van der Waals surface area contributed by atoms with Crippen LogP contribution in [0.1, 0.15) is 18.7 Å². The van der Waals surface area contributed by atoms with Gasteiger partial charge in [-0.25, -0.2) is 4.98 Å². The Hall–Kier alpha value is -1.39. The Labute approximate surface area is 112 Å². The van der Waals surface area contributed by atoms with Gasteiger partial charge in [0.25, 0.3) is 0 Å². The third-order valence-electron chi connectivity index (χ3n) is 2.49. The van der Waals surface area contributed by atoms with Crippen LogP contribution in [0.15, 0.2) is 30.5 Å². The molecule has 0 radical (unpaired) electrons. The van der Waals surface area contributed by atoms with Gasteiger partial charge in [0.05, 0.1) is 6.61 Å². The fourth-order valence-corrected chi connectivity index (χ4v) is 2.53. The van der Waals surface area contributed by atoms with Crippen LogP contribution in [0, 0.1) is 0 Å². The standard InChI is InChI=1S/C14H18N2OS/c1-3-15-9-13-10-16-14(18-13)11-6-5-7-12(8-11)17-4-2/h5-8,10,15H,3-4,9H2,1-2H3. The van der Waals surface area contributed by atoms with Gasteiger partial charge in [-0.2, -0.15) is 0 Å². The van der Waals surface area contributed by atoms with Gasteiger partial charge in [-0.1, -0.05) is 19.1 Å². The van der Waals surface area contributed by atoms with Gasteiger partial charge in [-0.05, 0) is 25.6 Å². The van der Waals surface area contributed by atoms with Crippen molar-refractivity contribution in [3.63, 3.8) is 0 Å². The van der Waals surface area contributed by atoms with Crippen molar-refractivity contribution in [3.05, 3.63) is 35.3 Å². The first-order valence-electron chi connectivity index (χ1n) is 6.22. The highest BCUT2D eigenvalue weighted by Gasteiger charge is 2.05. The normalized spacial score (nSPS) is 10.6. The molecular weight excluding hydrogens is 244 g/mol. The molecule has 0 amide bonds. The molecule has 1 aromatic heterocycles. The smallest absolute Gasteiger partial charge is 0.123 e. The zero-order chi connectivity index (χ0) is 12.8. The largest absolute Gasteiger partial charge is 0.494 e. The maximum absolute atomic E-state index is 5.50.